The standard InChI is InChI=1S/C23H34N2O2/c1-4-6-7-8-9-10-21-16-25-23(17-24-21)20-11-13-22(14-12-20)27-18-19(3)26-15-5-2/h11-14,16-17,19H,4-10,15,18H2,1-3H3. The second kappa shape index (κ2) is 12.4. The van der Waals surface area contributed by atoms with Crippen molar-refractivity contribution in [1.82, 2.24) is 9.97 Å². The van der Waals surface area contributed by atoms with Gasteiger partial charge in [-0.15, -0.1) is 0 Å². The first-order valence-corrected chi connectivity index (χ1v) is 10.4. The summed E-state index contributed by atoms with van der Waals surface area (Å²) >= 11 is 0. The fourth-order valence-corrected chi connectivity index (χ4v) is 2.85. The lowest BCUT2D eigenvalue weighted by Crippen LogP contribution is -2.18. The lowest BCUT2D eigenvalue weighted by atomic mass is 10.1. The molecule has 0 fully saturated rings. The zero-order chi connectivity index (χ0) is 19.3. The zero-order valence-electron chi connectivity index (χ0n) is 17.1. The molecule has 1 aromatic heterocycles. The van der Waals surface area contributed by atoms with Crippen molar-refractivity contribution >= 4 is 0 Å². The van der Waals surface area contributed by atoms with Crippen LogP contribution in [-0.4, -0.2) is 29.3 Å². The van der Waals surface area contributed by atoms with E-state index in [1.165, 1.54) is 32.1 Å². The minimum Gasteiger partial charge on any atom is -0.491 e. The molecule has 2 rings (SSSR count). The van der Waals surface area contributed by atoms with E-state index in [0.717, 1.165) is 42.1 Å². The number of hydrogen-bond donors (Lipinski definition) is 0. The van der Waals surface area contributed by atoms with Crippen LogP contribution < -0.4 is 4.74 Å². The molecule has 0 bridgehead atoms. The van der Waals surface area contributed by atoms with Crippen LogP contribution in [0, 0.1) is 0 Å². The summed E-state index contributed by atoms with van der Waals surface area (Å²) in [5, 5.41) is 0. The number of aryl methyl sites for hydroxylation is 1. The molecule has 1 aromatic carbocycles. The summed E-state index contributed by atoms with van der Waals surface area (Å²) in [4.78, 5) is 9.15. The maximum Gasteiger partial charge on any atom is 0.119 e. The Morgan fingerprint density at radius 1 is 0.889 bits per heavy atom. The first kappa shape index (κ1) is 21.4. The zero-order valence-corrected chi connectivity index (χ0v) is 17.1. The quantitative estimate of drug-likeness (QED) is 0.415. The third-order valence-corrected chi connectivity index (χ3v) is 4.48. The Labute approximate surface area is 164 Å². The van der Waals surface area contributed by atoms with Gasteiger partial charge in [0.05, 0.1) is 23.7 Å². The Morgan fingerprint density at radius 3 is 2.33 bits per heavy atom. The van der Waals surface area contributed by atoms with E-state index in [2.05, 4.69) is 23.8 Å². The number of aromatic nitrogens is 2. The molecule has 27 heavy (non-hydrogen) atoms. The second-order valence-corrected chi connectivity index (χ2v) is 7.07. The van der Waals surface area contributed by atoms with Gasteiger partial charge in [-0.25, -0.2) is 0 Å². The first-order valence-electron chi connectivity index (χ1n) is 10.4. The topological polar surface area (TPSA) is 44.2 Å². The highest BCUT2D eigenvalue weighted by Crippen LogP contribution is 2.20. The van der Waals surface area contributed by atoms with E-state index in [1.807, 2.05) is 43.6 Å². The third-order valence-electron chi connectivity index (χ3n) is 4.48. The number of ether oxygens (including phenoxy) is 2. The van der Waals surface area contributed by atoms with E-state index < -0.39 is 0 Å². The van der Waals surface area contributed by atoms with Crippen LogP contribution >= 0.6 is 0 Å². The fourth-order valence-electron chi connectivity index (χ4n) is 2.85. The van der Waals surface area contributed by atoms with Crippen molar-refractivity contribution < 1.29 is 9.47 Å². The average molecular weight is 371 g/mol. The highest BCUT2D eigenvalue weighted by atomic mass is 16.5. The second-order valence-electron chi connectivity index (χ2n) is 7.07. The van der Waals surface area contributed by atoms with Crippen LogP contribution in [0.15, 0.2) is 36.7 Å². The molecule has 0 aliphatic rings. The van der Waals surface area contributed by atoms with Gasteiger partial charge in [0.25, 0.3) is 0 Å². The normalized spacial score (nSPS) is 12.1. The molecule has 0 spiro atoms. The number of unbranched alkanes of at least 4 members (excludes halogenated alkanes) is 4. The van der Waals surface area contributed by atoms with Gasteiger partial charge in [-0.1, -0.05) is 39.5 Å². The van der Waals surface area contributed by atoms with Crippen molar-refractivity contribution in [3.63, 3.8) is 0 Å². The van der Waals surface area contributed by atoms with Crippen molar-refractivity contribution in [2.75, 3.05) is 13.2 Å². The Morgan fingerprint density at radius 2 is 1.67 bits per heavy atom. The van der Waals surface area contributed by atoms with Crippen molar-refractivity contribution in [3.8, 4) is 17.0 Å². The van der Waals surface area contributed by atoms with E-state index in [1.54, 1.807) is 0 Å². The average Bonchev–Trinajstić information content (AvgIpc) is 2.71. The van der Waals surface area contributed by atoms with E-state index in [0.29, 0.717) is 6.61 Å². The van der Waals surface area contributed by atoms with Gasteiger partial charge in [0.1, 0.15) is 12.4 Å². The van der Waals surface area contributed by atoms with Crippen LogP contribution in [0.2, 0.25) is 0 Å². The predicted octanol–water partition coefficient (Wildman–Crippen LogP) is 5.85. The van der Waals surface area contributed by atoms with Crippen molar-refractivity contribution in [1.29, 1.82) is 0 Å². The molecule has 0 aliphatic carbocycles. The predicted molar refractivity (Wildman–Crippen MR) is 111 cm³/mol. The SMILES string of the molecule is CCCCCCCc1cnc(-c2ccc(OCC(C)OCCC)cc2)cn1. The van der Waals surface area contributed by atoms with Crippen LogP contribution in [-0.2, 0) is 11.2 Å². The molecule has 1 unspecified atom stereocenters. The van der Waals surface area contributed by atoms with E-state index in [-0.39, 0.29) is 6.10 Å². The minimum absolute atomic E-state index is 0.102. The van der Waals surface area contributed by atoms with Crippen LogP contribution in [0.5, 0.6) is 5.75 Å². The summed E-state index contributed by atoms with van der Waals surface area (Å²) in [5.74, 6) is 0.849. The molecule has 0 saturated carbocycles. The highest BCUT2D eigenvalue weighted by molar-refractivity contribution is 5.58. The van der Waals surface area contributed by atoms with Crippen LogP contribution in [0.25, 0.3) is 11.3 Å². The summed E-state index contributed by atoms with van der Waals surface area (Å²) < 4.78 is 11.4. The molecule has 148 valence electrons. The molecular formula is C23H34N2O2. The maximum atomic E-state index is 5.79. The molecule has 0 radical (unpaired) electrons. The van der Waals surface area contributed by atoms with Crippen molar-refractivity contribution in [3.05, 3.63) is 42.4 Å². The van der Waals surface area contributed by atoms with E-state index in [4.69, 9.17) is 9.47 Å². The highest BCUT2D eigenvalue weighted by Gasteiger charge is 2.05. The van der Waals surface area contributed by atoms with Gasteiger partial charge >= 0.3 is 0 Å². The third kappa shape index (κ3) is 8.08. The van der Waals surface area contributed by atoms with Gasteiger partial charge in [0.15, 0.2) is 0 Å². The van der Waals surface area contributed by atoms with Crippen LogP contribution in [0.4, 0.5) is 0 Å². The van der Waals surface area contributed by atoms with Crippen LogP contribution in [0.3, 0.4) is 0 Å². The fraction of sp³-hybridized carbons (Fsp3) is 0.565. The van der Waals surface area contributed by atoms with Gasteiger partial charge in [0.2, 0.25) is 0 Å². The van der Waals surface area contributed by atoms with Crippen molar-refractivity contribution in [2.45, 2.75) is 71.8 Å². The summed E-state index contributed by atoms with van der Waals surface area (Å²) in [7, 11) is 0. The van der Waals surface area contributed by atoms with Gasteiger partial charge in [-0.2, -0.15) is 0 Å². The molecular weight excluding hydrogens is 336 g/mol. The Balaban J connectivity index is 1.80. The minimum atomic E-state index is 0.102. The summed E-state index contributed by atoms with van der Waals surface area (Å²) in [6.45, 7) is 7.72. The lowest BCUT2D eigenvalue weighted by molar-refractivity contribution is 0.0327. The van der Waals surface area contributed by atoms with Gasteiger partial charge < -0.3 is 9.47 Å². The smallest absolute Gasteiger partial charge is 0.119 e. The number of rotatable bonds is 13. The monoisotopic (exact) mass is 370 g/mol. The number of benzene rings is 1. The molecule has 1 atom stereocenters. The van der Waals surface area contributed by atoms with Gasteiger partial charge in [0, 0.05) is 18.4 Å². The lowest BCUT2D eigenvalue weighted by Gasteiger charge is -2.14. The molecule has 0 aliphatic heterocycles. The molecule has 2 aromatic rings. The summed E-state index contributed by atoms with van der Waals surface area (Å²) in [5.41, 5.74) is 3.03. The number of hydrogen-bond acceptors (Lipinski definition) is 4. The van der Waals surface area contributed by atoms with E-state index >= 15 is 0 Å². The van der Waals surface area contributed by atoms with Gasteiger partial charge in [-0.3, -0.25) is 9.97 Å². The largest absolute Gasteiger partial charge is 0.491 e. The molecule has 0 N–H and O–H groups in total. The number of nitrogens with zero attached hydrogens (tertiary/aromatic N) is 2. The molecule has 0 amide bonds. The molecule has 4 heteroatoms. The summed E-state index contributed by atoms with van der Waals surface area (Å²) in [6.07, 6.45) is 12.3. The first-order chi connectivity index (χ1) is 13.2. The molecule has 4 nitrogen and oxygen atoms in total. The Bertz CT molecular complexity index is 626. The van der Waals surface area contributed by atoms with Crippen LogP contribution in [0.1, 0.15) is 65.0 Å². The maximum absolute atomic E-state index is 5.79. The van der Waals surface area contributed by atoms with Gasteiger partial charge in [-0.05, 0) is 50.5 Å². The Hall–Kier alpha value is -1.94. The molecule has 1 heterocycles. The summed E-state index contributed by atoms with van der Waals surface area (Å²) in [6, 6.07) is 8.01. The molecule has 0 saturated heterocycles. The Kier molecular flexibility index (Phi) is 9.85. The van der Waals surface area contributed by atoms with E-state index in [9.17, 15) is 0 Å². The van der Waals surface area contributed by atoms with Crippen molar-refractivity contribution in [2.24, 2.45) is 0 Å².